The molecule has 0 unspecified atom stereocenters. The average molecular weight is 388 g/mol. The molecular formula is C24H50ClN. The fraction of sp³-hybridized carbons (Fsp3) is 1.00. The predicted octanol–water partition coefficient (Wildman–Crippen LogP) is 8.40. The molecular weight excluding hydrogens is 338 g/mol. The topological polar surface area (TPSA) is 3.24 Å². The van der Waals surface area contributed by atoms with E-state index >= 15 is 0 Å². The molecule has 1 aliphatic rings. The van der Waals surface area contributed by atoms with Gasteiger partial charge in [0.2, 0.25) is 0 Å². The highest BCUT2D eigenvalue weighted by Gasteiger charge is 2.12. The molecule has 1 aliphatic carbocycles. The Kier molecular flexibility index (Phi) is 20.2. The molecule has 0 amide bonds. The Hall–Kier alpha value is 0.250. The van der Waals surface area contributed by atoms with Gasteiger partial charge in [-0.25, -0.2) is 0 Å². The van der Waals surface area contributed by atoms with Crippen LogP contribution in [0.25, 0.3) is 0 Å². The van der Waals surface area contributed by atoms with Gasteiger partial charge in [0.25, 0.3) is 0 Å². The molecule has 0 radical (unpaired) electrons. The van der Waals surface area contributed by atoms with Crippen LogP contribution in [0.15, 0.2) is 0 Å². The quantitative estimate of drug-likeness (QED) is 0.226. The number of hydrogen-bond acceptors (Lipinski definition) is 1. The van der Waals surface area contributed by atoms with E-state index in [1.165, 1.54) is 135 Å². The van der Waals surface area contributed by atoms with Crippen molar-refractivity contribution in [2.45, 2.75) is 129 Å². The number of halogens is 1. The molecule has 0 aromatic heterocycles. The van der Waals surface area contributed by atoms with Crippen LogP contribution in [0, 0.1) is 5.92 Å². The van der Waals surface area contributed by atoms with Crippen LogP contribution < -0.4 is 0 Å². The minimum Gasteiger partial charge on any atom is -0.304 e. The van der Waals surface area contributed by atoms with Crippen LogP contribution in [-0.2, 0) is 0 Å². The summed E-state index contributed by atoms with van der Waals surface area (Å²) in [4.78, 5) is 2.55. The Bertz CT molecular complexity index is 259. The van der Waals surface area contributed by atoms with Gasteiger partial charge in [0.15, 0.2) is 0 Å². The van der Waals surface area contributed by atoms with Crippen molar-refractivity contribution in [3.8, 4) is 0 Å². The Morgan fingerprint density at radius 1 is 0.577 bits per heavy atom. The maximum atomic E-state index is 2.55. The second kappa shape index (κ2) is 20.0. The minimum absolute atomic E-state index is 0. The van der Waals surface area contributed by atoms with E-state index in [1.54, 1.807) is 0 Å². The van der Waals surface area contributed by atoms with Crippen LogP contribution in [-0.4, -0.2) is 24.5 Å². The zero-order valence-corrected chi connectivity index (χ0v) is 19.1. The number of nitrogens with zero attached hydrogens (tertiary/aromatic N) is 1. The SMILES string of the molecule is CCN(CC)CCCCCCCCCCCCCCC1CCCCC1.Cl. The standard InChI is InChI=1S/C24H49N.ClH/c1-3-25(4-2)23-19-14-12-10-8-6-5-7-9-11-13-16-20-24-21-17-15-18-22-24;/h24H,3-23H2,1-2H3;1H. The van der Waals surface area contributed by atoms with Gasteiger partial charge >= 0.3 is 0 Å². The van der Waals surface area contributed by atoms with Crippen LogP contribution in [0.2, 0.25) is 0 Å². The molecule has 1 nitrogen and oxygen atoms in total. The highest BCUT2D eigenvalue weighted by Crippen LogP contribution is 2.28. The second-order valence-corrected chi connectivity index (χ2v) is 8.56. The van der Waals surface area contributed by atoms with Crippen LogP contribution >= 0.6 is 12.4 Å². The van der Waals surface area contributed by atoms with Crippen molar-refractivity contribution in [2.24, 2.45) is 5.92 Å². The zero-order valence-electron chi connectivity index (χ0n) is 18.3. The molecule has 1 fully saturated rings. The molecule has 0 aromatic rings. The van der Waals surface area contributed by atoms with E-state index < -0.39 is 0 Å². The predicted molar refractivity (Wildman–Crippen MR) is 122 cm³/mol. The molecule has 0 N–H and O–H groups in total. The largest absolute Gasteiger partial charge is 0.304 e. The lowest BCUT2D eigenvalue weighted by atomic mass is 9.85. The summed E-state index contributed by atoms with van der Waals surface area (Å²) < 4.78 is 0. The third kappa shape index (κ3) is 15.3. The van der Waals surface area contributed by atoms with Gasteiger partial charge in [0.05, 0.1) is 0 Å². The molecule has 0 atom stereocenters. The normalized spacial score (nSPS) is 15.3. The summed E-state index contributed by atoms with van der Waals surface area (Å²) >= 11 is 0. The average Bonchev–Trinajstić information content (AvgIpc) is 2.66. The third-order valence-corrected chi connectivity index (χ3v) is 6.46. The summed E-state index contributed by atoms with van der Waals surface area (Å²) in [5.74, 6) is 1.10. The van der Waals surface area contributed by atoms with Crippen molar-refractivity contribution < 1.29 is 0 Å². The lowest BCUT2D eigenvalue weighted by molar-refractivity contribution is 0.295. The van der Waals surface area contributed by atoms with Gasteiger partial charge in [-0.05, 0) is 32.0 Å². The number of unbranched alkanes of at least 4 members (excludes halogenated alkanes) is 11. The summed E-state index contributed by atoms with van der Waals surface area (Å²) in [6, 6.07) is 0. The summed E-state index contributed by atoms with van der Waals surface area (Å²) in [5.41, 5.74) is 0. The Morgan fingerprint density at radius 2 is 1.00 bits per heavy atom. The van der Waals surface area contributed by atoms with Gasteiger partial charge in [-0.3, -0.25) is 0 Å². The van der Waals surface area contributed by atoms with Crippen molar-refractivity contribution in [1.82, 2.24) is 4.90 Å². The molecule has 1 saturated carbocycles. The van der Waals surface area contributed by atoms with E-state index in [4.69, 9.17) is 0 Å². The second-order valence-electron chi connectivity index (χ2n) is 8.56. The Labute approximate surface area is 172 Å². The molecule has 0 heterocycles. The third-order valence-electron chi connectivity index (χ3n) is 6.46. The molecule has 2 heteroatoms. The first kappa shape index (κ1) is 26.2. The van der Waals surface area contributed by atoms with E-state index in [0.29, 0.717) is 0 Å². The van der Waals surface area contributed by atoms with Gasteiger partial charge in [0, 0.05) is 0 Å². The molecule has 0 spiro atoms. The summed E-state index contributed by atoms with van der Waals surface area (Å²) in [7, 11) is 0. The van der Waals surface area contributed by atoms with Crippen molar-refractivity contribution >= 4 is 12.4 Å². The maximum absolute atomic E-state index is 2.55. The molecule has 0 aromatic carbocycles. The van der Waals surface area contributed by atoms with Crippen molar-refractivity contribution in [2.75, 3.05) is 19.6 Å². The lowest BCUT2D eigenvalue weighted by Crippen LogP contribution is -2.23. The molecule has 0 saturated heterocycles. The van der Waals surface area contributed by atoms with Gasteiger partial charge in [-0.15, -0.1) is 12.4 Å². The lowest BCUT2D eigenvalue weighted by Gasteiger charge is -2.21. The van der Waals surface area contributed by atoms with Gasteiger partial charge in [0.1, 0.15) is 0 Å². The molecule has 26 heavy (non-hydrogen) atoms. The van der Waals surface area contributed by atoms with Crippen LogP contribution in [0.1, 0.15) is 129 Å². The van der Waals surface area contributed by atoms with E-state index in [-0.39, 0.29) is 12.4 Å². The van der Waals surface area contributed by atoms with E-state index in [9.17, 15) is 0 Å². The zero-order chi connectivity index (χ0) is 18.0. The Balaban J connectivity index is 0.00000625. The van der Waals surface area contributed by atoms with Gasteiger partial charge in [-0.1, -0.05) is 123 Å². The monoisotopic (exact) mass is 387 g/mol. The molecule has 1 rings (SSSR count). The number of hydrogen-bond donors (Lipinski definition) is 0. The summed E-state index contributed by atoms with van der Waals surface area (Å²) in [6.45, 7) is 8.31. The highest BCUT2D eigenvalue weighted by molar-refractivity contribution is 5.85. The first-order valence-corrected chi connectivity index (χ1v) is 12.1. The molecule has 0 bridgehead atoms. The fourth-order valence-electron chi connectivity index (χ4n) is 4.55. The van der Waals surface area contributed by atoms with E-state index in [1.807, 2.05) is 0 Å². The van der Waals surface area contributed by atoms with Crippen LogP contribution in [0.5, 0.6) is 0 Å². The first-order valence-electron chi connectivity index (χ1n) is 12.1. The van der Waals surface area contributed by atoms with Crippen LogP contribution in [0.3, 0.4) is 0 Å². The maximum Gasteiger partial charge on any atom is -0.00190 e. The number of rotatable bonds is 17. The van der Waals surface area contributed by atoms with E-state index in [2.05, 4.69) is 18.7 Å². The molecule has 158 valence electrons. The van der Waals surface area contributed by atoms with Crippen LogP contribution in [0.4, 0.5) is 0 Å². The fourth-order valence-corrected chi connectivity index (χ4v) is 4.55. The van der Waals surface area contributed by atoms with Crippen molar-refractivity contribution in [3.05, 3.63) is 0 Å². The van der Waals surface area contributed by atoms with Gasteiger partial charge < -0.3 is 4.90 Å². The van der Waals surface area contributed by atoms with Crippen molar-refractivity contribution in [3.63, 3.8) is 0 Å². The first-order chi connectivity index (χ1) is 12.4. The minimum atomic E-state index is 0. The van der Waals surface area contributed by atoms with Gasteiger partial charge in [-0.2, -0.15) is 0 Å². The summed E-state index contributed by atoms with van der Waals surface area (Å²) in [5, 5.41) is 0. The summed E-state index contributed by atoms with van der Waals surface area (Å²) in [6.07, 6.45) is 26.9. The molecule has 0 aliphatic heterocycles. The Morgan fingerprint density at radius 3 is 1.46 bits per heavy atom. The highest BCUT2D eigenvalue weighted by atomic mass is 35.5. The van der Waals surface area contributed by atoms with Crippen molar-refractivity contribution in [1.29, 1.82) is 0 Å². The smallest absolute Gasteiger partial charge is 0.00190 e. The van der Waals surface area contributed by atoms with E-state index in [0.717, 1.165) is 5.92 Å².